The smallest absolute Gasteiger partial charge is 0.0795 e. The van der Waals surface area contributed by atoms with Gasteiger partial charge in [-0.15, -0.1) is 11.3 Å². The molecule has 4 heteroatoms. The number of likely N-dealkylation sites (tertiary alicyclic amines) is 2. The summed E-state index contributed by atoms with van der Waals surface area (Å²) in [7, 11) is 2.30. The Bertz CT molecular complexity index is 632. The van der Waals surface area contributed by atoms with Crippen molar-refractivity contribution < 1.29 is 0 Å². The molecule has 2 fully saturated rings. The zero-order valence-corrected chi connectivity index (χ0v) is 15.3. The minimum absolute atomic E-state index is 0.506. The SMILES string of the molecule is CN1C[C@H](c2ccccc2)CC2(CCN(Cc3cscn3)CC2)C1. The van der Waals surface area contributed by atoms with E-state index >= 15 is 0 Å². The highest BCUT2D eigenvalue weighted by Crippen LogP contribution is 2.44. The number of hydrogen-bond acceptors (Lipinski definition) is 4. The molecule has 3 heterocycles. The molecule has 3 nitrogen and oxygen atoms in total. The fraction of sp³-hybridized carbons (Fsp3) is 0.550. The van der Waals surface area contributed by atoms with E-state index < -0.39 is 0 Å². The summed E-state index contributed by atoms with van der Waals surface area (Å²) in [6, 6.07) is 11.1. The topological polar surface area (TPSA) is 19.4 Å². The minimum atomic E-state index is 0.506. The van der Waals surface area contributed by atoms with Crippen LogP contribution in [0.2, 0.25) is 0 Å². The average Bonchev–Trinajstić information content (AvgIpc) is 3.10. The molecular weight excluding hydrogens is 314 g/mol. The highest BCUT2D eigenvalue weighted by atomic mass is 32.1. The van der Waals surface area contributed by atoms with E-state index in [0.29, 0.717) is 11.3 Å². The molecule has 0 saturated carbocycles. The van der Waals surface area contributed by atoms with Crippen molar-refractivity contribution in [2.24, 2.45) is 5.41 Å². The number of likely N-dealkylation sites (N-methyl/N-ethyl adjacent to an activating group) is 1. The lowest BCUT2D eigenvalue weighted by atomic mass is 9.68. The van der Waals surface area contributed by atoms with Crippen LogP contribution in [0.3, 0.4) is 0 Å². The van der Waals surface area contributed by atoms with Gasteiger partial charge in [0.25, 0.3) is 0 Å². The summed E-state index contributed by atoms with van der Waals surface area (Å²) in [5.74, 6) is 0.690. The quantitative estimate of drug-likeness (QED) is 0.845. The maximum Gasteiger partial charge on any atom is 0.0795 e. The molecule has 1 aromatic heterocycles. The van der Waals surface area contributed by atoms with Gasteiger partial charge in [0.05, 0.1) is 11.2 Å². The minimum Gasteiger partial charge on any atom is -0.305 e. The average molecular weight is 342 g/mol. The zero-order valence-electron chi connectivity index (χ0n) is 14.5. The van der Waals surface area contributed by atoms with E-state index in [1.54, 1.807) is 11.3 Å². The van der Waals surface area contributed by atoms with Crippen molar-refractivity contribution in [3.05, 3.63) is 52.5 Å². The van der Waals surface area contributed by atoms with Crippen LogP contribution in [0.1, 0.15) is 36.4 Å². The van der Waals surface area contributed by atoms with E-state index in [0.717, 1.165) is 6.54 Å². The van der Waals surface area contributed by atoms with Crippen molar-refractivity contribution >= 4 is 11.3 Å². The number of hydrogen-bond donors (Lipinski definition) is 0. The molecule has 0 aliphatic carbocycles. The molecule has 1 atom stereocenters. The number of thiazole rings is 1. The van der Waals surface area contributed by atoms with E-state index in [1.807, 2.05) is 5.51 Å². The molecule has 0 unspecified atom stereocenters. The van der Waals surface area contributed by atoms with Gasteiger partial charge in [0.2, 0.25) is 0 Å². The van der Waals surface area contributed by atoms with Gasteiger partial charge in [-0.25, -0.2) is 4.98 Å². The third-order valence-electron chi connectivity index (χ3n) is 5.87. The highest BCUT2D eigenvalue weighted by molar-refractivity contribution is 7.07. The second-order valence-corrected chi connectivity index (χ2v) is 8.48. The van der Waals surface area contributed by atoms with Gasteiger partial charge in [-0.05, 0) is 56.3 Å². The summed E-state index contributed by atoms with van der Waals surface area (Å²) in [5.41, 5.74) is 5.21. The van der Waals surface area contributed by atoms with Crippen molar-refractivity contribution in [3.63, 3.8) is 0 Å². The van der Waals surface area contributed by atoms with Crippen molar-refractivity contribution in [2.75, 3.05) is 33.2 Å². The van der Waals surface area contributed by atoms with Crippen molar-refractivity contribution in [3.8, 4) is 0 Å². The van der Waals surface area contributed by atoms with Crippen molar-refractivity contribution in [1.29, 1.82) is 0 Å². The Balaban J connectivity index is 1.41. The Kier molecular flexibility index (Phi) is 4.70. The Hall–Kier alpha value is -1.23. The number of rotatable bonds is 3. The van der Waals surface area contributed by atoms with Crippen molar-refractivity contribution in [2.45, 2.75) is 31.7 Å². The Morgan fingerprint density at radius 1 is 1.21 bits per heavy atom. The van der Waals surface area contributed by atoms with Gasteiger partial charge >= 0.3 is 0 Å². The monoisotopic (exact) mass is 341 g/mol. The van der Waals surface area contributed by atoms with E-state index in [9.17, 15) is 0 Å². The first-order valence-corrected chi connectivity index (χ1v) is 10.00. The summed E-state index contributed by atoms with van der Waals surface area (Å²) < 4.78 is 0. The lowest BCUT2D eigenvalue weighted by Crippen LogP contribution is -2.50. The summed E-state index contributed by atoms with van der Waals surface area (Å²) in [4.78, 5) is 9.60. The lowest BCUT2D eigenvalue weighted by Gasteiger charge is -2.49. The van der Waals surface area contributed by atoms with Crippen LogP contribution in [0.25, 0.3) is 0 Å². The van der Waals surface area contributed by atoms with Gasteiger partial charge in [-0.1, -0.05) is 30.3 Å². The molecule has 1 spiro atoms. The molecule has 0 radical (unpaired) electrons. The van der Waals surface area contributed by atoms with Crippen LogP contribution < -0.4 is 0 Å². The molecule has 1 aromatic carbocycles. The zero-order chi connectivity index (χ0) is 16.4. The van der Waals surface area contributed by atoms with Gasteiger partial charge in [0.15, 0.2) is 0 Å². The summed E-state index contributed by atoms with van der Waals surface area (Å²) >= 11 is 1.70. The Labute approximate surface area is 149 Å². The van der Waals surface area contributed by atoms with Crippen LogP contribution in [-0.2, 0) is 6.54 Å². The fourth-order valence-corrected chi connectivity index (χ4v) is 5.26. The van der Waals surface area contributed by atoms with Gasteiger partial charge in [0.1, 0.15) is 0 Å². The van der Waals surface area contributed by atoms with Gasteiger partial charge in [-0.2, -0.15) is 0 Å². The van der Waals surface area contributed by atoms with E-state index in [1.165, 1.54) is 56.7 Å². The maximum atomic E-state index is 4.45. The number of benzene rings is 1. The number of aromatic nitrogens is 1. The summed E-state index contributed by atoms with van der Waals surface area (Å²) in [6.45, 7) is 5.92. The molecule has 24 heavy (non-hydrogen) atoms. The van der Waals surface area contributed by atoms with E-state index in [2.05, 4.69) is 57.5 Å². The second kappa shape index (κ2) is 6.95. The number of nitrogens with zero attached hydrogens (tertiary/aromatic N) is 3. The molecule has 2 saturated heterocycles. The molecule has 2 aromatic rings. The molecule has 2 aliphatic rings. The normalized spacial score (nSPS) is 25.1. The van der Waals surface area contributed by atoms with Crippen molar-refractivity contribution in [1.82, 2.24) is 14.8 Å². The van der Waals surface area contributed by atoms with Gasteiger partial charge < -0.3 is 4.90 Å². The fourth-order valence-electron chi connectivity index (χ4n) is 4.71. The van der Waals surface area contributed by atoms with Crippen LogP contribution in [0.5, 0.6) is 0 Å². The molecule has 0 N–H and O–H groups in total. The molecule has 0 amide bonds. The Morgan fingerprint density at radius 2 is 2.00 bits per heavy atom. The molecule has 0 bridgehead atoms. The second-order valence-electron chi connectivity index (χ2n) is 7.76. The van der Waals surface area contributed by atoms with Crippen LogP contribution >= 0.6 is 11.3 Å². The third kappa shape index (κ3) is 3.56. The summed E-state index contributed by atoms with van der Waals surface area (Å²) in [6.07, 6.45) is 4.00. The third-order valence-corrected chi connectivity index (χ3v) is 6.51. The molecule has 128 valence electrons. The maximum absolute atomic E-state index is 4.45. The first-order valence-electron chi connectivity index (χ1n) is 9.05. The van der Waals surface area contributed by atoms with Crippen LogP contribution in [-0.4, -0.2) is 48.0 Å². The van der Waals surface area contributed by atoms with Gasteiger partial charge in [-0.3, -0.25) is 4.90 Å². The van der Waals surface area contributed by atoms with E-state index in [-0.39, 0.29) is 0 Å². The molecular formula is C20H27N3S. The van der Waals surface area contributed by atoms with Crippen LogP contribution in [0, 0.1) is 5.41 Å². The van der Waals surface area contributed by atoms with Gasteiger partial charge in [0, 0.05) is 25.0 Å². The molecule has 4 rings (SSSR count). The predicted molar refractivity (Wildman–Crippen MR) is 100 cm³/mol. The Morgan fingerprint density at radius 3 is 2.71 bits per heavy atom. The highest BCUT2D eigenvalue weighted by Gasteiger charge is 2.41. The van der Waals surface area contributed by atoms with Crippen LogP contribution in [0.15, 0.2) is 41.2 Å². The summed E-state index contributed by atoms with van der Waals surface area (Å²) in [5, 5.41) is 2.18. The van der Waals surface area contributed by atoms with Crippen LogP contribution in [0.4, 0.5) is 0 Å². The van der Waals surface area contributed by atoms with E-state index in [4.69, 9.17) is 0 Å². The first-order chi connectivity index (χ1) is 11.7. The number of piperidine rings is 2. The standard InChI is InChI=1S/C20H27N3S/c1-22-12-18(17-5-3-2-4-6-17)11-20(15-22)7-9-23(10-8-20)13-19-14-24-16-21-19/h2-6,14,16,18H,7-13,15H2,1H3/t18-/m1/s1. The largest absolute Gasteiger partial charge is 0.305 e. The predicted octanol–water partition coefficient (Wildman–Crippen LogP) is 3.84. The molecule has 2 aliphatic heterocycles. The first kappa shape index (κ1) is 16.2. The lowest BCUT2D eigenvalue weighted by molar-refractivity contribution is 0.0215.